The molecule has 1 amide bonds. The number of allylic oxidation sites excluding steroid dienone is 1. The lowest BCUT2D eigenvalue weighted by molar-refractivity contribution is -0.122. The van der Waals surface area contributed by atoms with Crippen molar-refractivity contribution in [3.8, 4) is 11.8 Å². The quantitative estimate of drug-likeness (QED) is 0.285. The van der Waals surface area contributed by atoms with Crippen LogP contribution in [0.2, 0.25) is 0 Å². The van der Waals surface area contributed by atoms with Gasteiger partial charge in [-0.25, -0.2) is 9.37 Å². The van der Waals surface area contributed by atoms with Crippen molar-refractivity contribution in [1.82, 2.24) is 25.9 Å². The fourth-order valence-corrected chi connectivity index (χ4v) is 3.19. The van der Waals surface area contributed by atoms with Gasteiger partial charge in [0.25, 0.3) is 0 Å². The summed E-state index contributed by atoms with van der Waals surface area (Å²) < 4.78 is 13.2. The summed E-state index contributed by atoms with van der Waals surface area (Å²) in [4.78, 5) is 23.0. The first-order valence-electron chi connectivity index (χ1n) is 10.7. The number of rotatable bonds is 8. The standard InChI is InChI=1S/C22H30FN7O/c1-16(24-2)21(31)25-11-5-3-4-8-17-14-27-22(28-18-9-10-19(23)26-15-18)29-20(17)30-12-6-7-13-30/h9-10,14-16,19,24,26H,3,5-7,11-13H2,1-2H3,(H,25,31)(H,27,28,29)/t16-,19?/m0/s1. The van der Waals surface area contributed by atoms with Crippen LogP contribution in [0.15, 0.2) is 30.2 Å². The number of aromatic nitrogens is 2. The maximum atomic E-state index is 13.2. The Morgan fingerprint density at radius 1 is 1.42 bits per heavy atom. The van der Waals surface area contributed by atoms with E-state index in [1.807, 2.05) is 6.92 Å². The van der Waals surface area contributed by atoms with Crippen molar-refractivity contribution in [3.05, 3.63) is 35.8 Å². The summed E-state index contributed by atoms with van der Waals surface area (Å²) in [5.41, 5.74) is 1.48. The molecule has 2 atom stereocenters. The molecule has 0 spiro atoms. The predicted octanol–water partition coefficient (Wildman–Crippen LogP) is 1.64. The molecule has 31 heavy (non-hydrogen) atoms. The van der Waals surface area contributed by atoms with E-state index in [4.69, 9.17) is 0 Å². The molecule has 8 nitrogen and oxygen atoms in total. The number of halogens is 1. The summed E-state index contributed by atoms with van der Waals surface area (Å²) in [6.07, 6.45) is 8.89. The number of nitrogens with zero attached hydrogens (tertiary/aromatic N) is 3. The van der Waals surface area contributed by atoms with E-state index < -0.39 is 6.30 Å². The second-order valence-corrected chi connectivity index (χ2v) is 7.48. The molecule has 0 bridgehead atoms. The number of dihydropyridines is 1. The summed E-state index contributed by atoms with van der Waals surface area (Å²) in [7, 11) is 1.76. The molecule has 166 valence electrons. The van der Waals surface area contributed by atoms with Gasteiger partial charge in [-0.15, -0.1) is 0 Å². The largest absolute Gasteiger partial charge is 0.357 e. The second kappa shape index (κ2) is 11.3. The van der Waals surface area contributed by atoms with Crippen molar-refractivity contribution < 1.29 is 9.18 Å². The van der Waals surface area contributed by atoms with E-state index in [1.54, 1.807) is 25.5 Å². The zero-order valence-corrected chi connectivity index (χ0v) is 18.0. The molecule has 0 aromatic carbocycles. The number of likely N-dealkylation sites (N-methyl/N-ethyl adjacent to an activating group) is 1. The van der Waals surface area contributed by atoms with Crippen molar-refractivity contribution in [1.29, 1.82) is 0 Å². The van der Waals surface area contributed by atoms with Gasteiger partial charge >= 0.3 is 0 Å². The van der Waals surface area contributed by atoms with Crippen LogP contribution in [-0.4, -0.2) is 54.9 Å². The maximum absolute atomic E-state index is 13.2. The lowest BCUT2D eigenvalue weighted by atomic mass is 10.2. The van der Waals surface area contributed by atoms with Crippen molar-refractivity contribution in [2.45, 2.75) is 44.9 Å². The van der Waals surface area contributed by atoms with Crippen LogP contribution < -0.4 is 26.2 Å². The third kappa shape index (κ3) is 6.69. The molecule has 0 radical (unpaired) electrons. The number of amides is 1. The molecule has 2 aliphatic heterocycles. The topological polar surface area (TPSA) is 94.2 Å². The second-order valence-electron chi connectivity index (χ2n) is 7.48. The Balaban J connectivity index is 1.61. The summed E-state index contributed by atoms with van der Waals surface area (Å²) >= 11 is 0. The van der Waals surface area contributed by atoms with Gasteiger partial charge in [0.15, 0.2) is 6.30 Å². The zero-order valence-electron chi connectivity index (χ0n) is 18.0. The number of alkyl halides is 1. The van der Waals surface area contributed by atoms with Crippen molar-refractivity contribution in [3.63, 3.8) is 0 Å². The smallest absolute Gasteiger partial charge is 0.236 e. The first-order valence-corrected chi connectivity index (χ1v) is 10.7. The molecule has 2 aliphatic rings. The summed E-state index contributed by atoms with van der Waals surface area (Å²) in [6, 6.07) is -0.201. The summed E-state index contributed by atoms with van der Waals surface area (Å²) in [6.45, 7) is 4.29. The van der Waals surface area contributed by atoms with Gasteiger partial charge in [-0.05, 0) is 45.4 Å². The number of hydrogen-bond acceptors (Lipinski definition) is 7. The highest BCUT2D eigenvalue weighted by molar-refractivity contribution is 5.81. The van der Waals surface area contributed by atoms with Gasteiger partial charge in [-0.1, -0.05) is 11.8 Å². The lowest BCUT2D eigenvalue weighted by Gasteiger charge is -2.19. The number of nitrogens with one attached hydrogen (secondary N) is 4. The minimum Gasteiger partial charge on any atom is -0.357 e. The molecule has 9 heteroatoms. The molecule has 1 aromatic rings. The lowest BCUT2D eigenvalue weighted by Crippen LogP contribution is -2.40. The summed E-state index contributed by atoms with van der Waals surface area (Å²) in [5, 5.41) is 11.5. The van der Waals surface area contributed by atoms with Crippen LogP contribution >= 0.6 is 0 Å². The number of carbonyl (C=O) groups excluding carboxylic acids is 1. The maximum Gasteiger partial charge on any atom is 0.236 e. The van der Waals surface area contributed by atoms with Gasteiger partial charge in [0.2, 0.25) is 11.9 Å². The first-order chi connectivity index (χ1) is 15.1. The van der Waals surface area contributed by atoms with E-state index in [2.05, 4.69) is 48.0 Å². The van der Waals surface area contributed by atoms with Crippen LogP contribution in [0.25, 0.3) is 0 Å². The zero-order chi connectivity index (χ0) is 22.1. The molecular formula is C22H30FN7O. The number of carbonyl (C=O) groups is 1. The Morgan fingerprint density at radius 3 is 2.94 bits per heavy atom. The van der Waals surface area contributed by atoms with Crippen LogP contribution in [-0.2, 0) is 4.79 Å². The van der Waals surface area contributed by atoms with Gasteiger partial charge in [-0.3, -0.25) is 4.79 Å². The minimum atomic E-state index is -1.18. The Morgan fingerprint density at radius 2 is 2.23 bits per heavy atom. The monoisotopic (exact) mass is 427 g/mol. The Hall–Kier alpha value is -3.12. The van der Waals surface area contributed by atoms with Gasteiger partial charge < -0.3 is 26.2 Å². The Kier molecular flexibility index (Phi) is 8.24. The predicted molar refractivity (Wildman–Crippen MR) is 120 cm³/mol. The van der Waals surface area contributed by atoms with Crippen molar-refractivity contribution in [2.75, 3.05) is 36.9 Å². The molecule has 1 fully saturated rings. The molecule has 1 unspecified atom stereocenters. The number of hydrogen-bond donors (Lipinski definition) is 4. The van der Waals surface area contributed by atoms with Gasteiger partial charge in [0.1, 0.15) is 5.82 Å². The molecule has 0 aliphatic carbocycles. The van der Waals surface area contributed by atoms with Crippen LogP contribution in [0, 0.1) is 11.8 Å². The average Bonchev–Trinajstić information content (AvgIpc) is 3.32. The molecule has 3 heterocycles. The Bertz CT molecular complexity index is 884. The van der Waals surface area contributed by atoms with Crippen LogP contribution in [0.1, 0.15) is 38.2 Å². The highest BCUT2D eigenvalue weighted by Gasteiger charge is 2.18. The van der Waals surface area contributed by atoms with Crippen molar-refractivity contribution in [2.24, 2.45) is 0 Å². The fraction of sp³-hybridized carbons (Fsp3) is 0.500. The van der Waals surface area contributed by atoms with Crippen LogP contribution in [0.4, 0.5) is 16.2 Å². The summed E-state index contributed by atoms with van der Waals surface area (Å²) in [5.74, 6) is 7.61. The normalized spacial score (nSPS) is 18.5. The molecule has 1 saturated heterocycles. The minimum absolute atomic E-state index is 0.0107. The average molecular weight is 428 g/mol. The number of unbranched alkanes of at least 4 members (excludes halogenated alkanes) is 1. The van der Waals surface area contributed by atoms with E-state index in [0.717, 1.165) is 43.7 Å². The molecule has 0 saturated carbocycles. The van der Waals surface area contributed by atoms with Gasteiger partial charge in [0.05, 0.1) is 23.5 Å². The number of anilines is 2. The molecule has 3 rings (SSSR count). The van der Waals surface area contributed by atoms with E-state index in [1.165, 1.54) is 6.08 Å². The van der Waals surface area contributed by atoms with E-state index >= 15 is 0 Å². The molecular weight excluding hydrogens is 397 g/mol. The van der Waals surface area contributed by atoms with E-state index in [9.17, 15) is 9.18 Å². The van der Waals surface area contributed by atoms with Crippen molar-refractivity contribution >= 4 is 17.7 Å². The molecule has 4 N–H and O–H groups in total. The first kappa shape index (κ1) is 22.6. The highest BCUT2D eigenvalue weighted by Crippen LogP contribution is 2.23. The molecule has 1 aromatic heterocycles. The van der Waals surface area contributed by atoms with Crippen LogP contribution in [0.3, 0.4) is 0 Å². The van der Waals surface area contributed by atoms with E-state index in [-0.39, 0.29) is 11.9 Å². The SMILES string of the molecule is CN[C@@H](C)C(=O)NCCCC#Cc1cnc(NC2=CNC(F)C=C2)nc1N1CCCC1. The third-order valence-electron chi connectivity index (χ3n) is 5.10. The fourth-order valence-electron chi connectivity index (χ4n) is 3.19. The van der Waals surface area contributed by atoms with E-state index in [0.29, 0.717) is 24.6 Å². The third-order valence-corrected chi connectivity index (χ3v) is 5.10. The van der Waals surface area contributed by atoms with Crippen LogP contribution in [0.5, 0.6) is 0 Å². The van der Waals surface area contributed by atoms with Gasteiger partial charge in [-0.2, -0.15) is 4.98 Å². The Labute approximate surface area is 182 Å². The van der Waals surface area contributed by atoms with Gasteiger partial charge in [0, 0.05) is 32.3 Å². The highest BCUT2D eigenvalue weighted by atomic mass is 19.1.